The first-order chi connectivity index (χ1) is 15.7. The highest BCUT2D eigenvalue weighted by Crippen LogP contribution is 2.36. The highest BCUT2D eigenvalue weighted by molar-refractivity contribution is 5.79. The van der Waals surface area contributed by atoms with Crippen LogP contribution in [0.1, 0.15) is 61.0 Å². The second kappa shape index (κ2) is 9.47. The van der Waals surface area contributed by atoms with Gasteiger partial charge in [0.1, 0.15) is 0 Å². The zero-order valence-corrected chi connectivity index (χ0v) is 19.0. The van der Waals surface area contributed by atoms with Crippen LogP contribution in [-0.4, -0.2) is 25.1 Å². The minimum absolute atomic E-state index is 0.0917. The van der Waals surface area contributed by atoms with Crippen molar-refractivity contribution < 1.29 is 22.7 Å². The molecule has 3 atom stereocenters. The summed E-state index contributed by atoms with van der Waals surface area (Å²) in [5.41, 5.74) is 0.948. The van der Waals surface area contributed by atoms with Crippen molar-refractivity contribution in [2.45, 2.75) is 63.4 Å². The van der Waals surface area contributed by atoms with Crippen LogP contribution < -0.4 is 10.6 Å². The van der Waals surface area contributed by atoms with Crippen molar-refractivity contribution in [1.29, 1.82) is 0 Å². The molecule has 4 rings (SSSR count). The molecule has 4 nitrogen and oxygen atoms in total. The van der Waals surface area contributed by atoms with Crippen LogP contribution in [0.4, 0.5) is 13.2 Å². The molecule has 1 saturated carbocycles. The van der Waals surface area contributed by atoms with E-state index < -0.39 is 23.4 Å². The molecule has 178 valence electrons. The minimum atomic E-state index is -4.40. The van der Waals surface area contributed by atoms with Crippen LogP contribution in [0.2, 0.25) is 0 Å². The van der Waals surface area contributed by atoms with E-state index in [4.69, 9.17) is 4.74 Å². The van der Waals surface area contributed by atoms with Gasteiger partial charge in [-0.1, -0.05) is 42.0 Å². The van der Waals surface area contributed by atoms with E-state index in [9.17, 15) is 18.0 Å². The standard InChI is InChI=1S/C26H31F3N2O2/c1-17-12-20(14-22(13-17)26(27,28)29)18(2)33-16-25(21-6-4-3-5-7-21)11-10-19(15-30-25)24(32)31-23-8-9-23/h3-7,12-14,18-19,23,30H,8-11,15-16H2,1-2H3,(H,31,32)/t18-,19?,25-/m1/s1. The topological polar surface area (TPSA) is 50.4 Å². The number of piperidine rings is 1. The molecule has 2 N–H and O–H groups in total. The molecule has 2 fully saturated rings. The average Bonchev–Trinajstić information content (AvgIpc) is 3.61. The van der Waals surface area contributed by atoms with E-state index >= 15 is 0 Å². The first-order valence-corrected chi connectivity index (χ1v) is 11.6. The smallest absolute Gasteiger partial charge is 0.372 e. The summed E-state index contributed by atoms with van der Waals surface area (Å²) in [6.45, 7) is 4.27. The number of carbonyl (C=O) groups is 1. The molecule has 0 spiro atoms. The summed E-state index contributed by atoms with van der Waals surface area (Å²) in [6.07, 6.45) is -1.37. The number of halogens is 3. The number of alkyl halides is 3. The summed E-state index contributed by atoms with van der Waals surface area (Å²) in [6, 6.07) is 14.3. The molecule has 1 saturated heterocycles. The van der Waals surface area contributed by atoms with Crippen LogP contribution in [0, 0.1) is 12.8 Å². The predicted molar refractivity (Wildman–Crippen MR) is 121 cm³/mol. The van der Waals surface area contributed by atoms with E-state index in [1.54, 1.807) is 19.9 Å². The van der Waals surface area contributed by atoms with E-state index in [-0.39, 0.29) is 11.8 Å². The van der Waals surface area contributed by atoms with Crippen molar-refractivity contribution in [1.82, 2.24) is 10.6 Å². The van der Waals surface area contributed by atoms with Crippen LogP contribution in [0.15, 0.2) is 48.5 Å². The van der Waals surface area contributed by atoms with Crippen molar-refractivity contribution in [3.05, 3.63) is 70.8 Å². The zero-order chi connectivity index (χ0) is 23.6. The van der Waals surface area contributed by atoms with Crippen LogP contribution in [0.3, 0.4) is 0 Å². The lowest BCUT2D eigenvalue weighted by Gasteiger charge is -2.42. The van der Waals surface area contributed by atoms with Gasteiger partial charge in [0.25, 0.3) is 0 Å². The lowest BCUT2D eigenvalue weighted by molar-refractivity contribution is -0.137. The van der Waals surface area contributed by atoms with Crippen LogP contribution >= 0.6 is 0 Å². The van der Waals surface area contributed by atoms with Gasteiger partial charge >= 0.3 is 6.18 Å². The largest absolute Gasteiger partial charge is 0.416 e. The zero-order valence-electron chi connectivity index (χ0n) is 19.0. The SMILES string of the molecule is Cc1cc([C@@H](C)OC[C@@]2(c3ccccc3)CCC(C(=O)NC3CC3)CN2)cc(C(F)(F)F)c1. The van der Waals surface area contributed by atoms with E-state index in [2.05, 4.69) is 10.6 Å². The minimum Gasteiger partial charge on any atom is -0.372 e. The normalized spacial score (nSPS) is 24.3. The van der Waals surface area contributed by atoms with Gasteiger partial charge in [-0.25, -0.2) is 0 Å². The van der Waals surface area contributed by atoms with Gasteiger partial charge in [-0.05, 0) is 62.8 Å². The summed E-state index contributed by atoms with van der Waals surface area (Å²) in [5, 5.41) is 6.64. The van der Waals surface area contributed by atoms with Gasteiger partial charge in [0, 0.05) is 12.6 Å². The Bertz CT molecular complexity index is 965. The summed E-state index contributed by atoms with van der Waals surface area (Å²) < 4.78 is 46.0. The van der Waals surface area contributed by atoms with E-state index in [0.29, 0.717) is 36.7 Å². The molecular weight excluding hydrogens is 429 g/mol. The van der Waals surface area contributed by atoms with Crippen LogP contribution in [0.5, 0.6) is 0 Å². The van der Waals surface area contributed by atoms with Crippen LogP contribution in [-0.2, 0) is 21.2 Å². The maximum absolute atomic E-state index is 13.3. The highest BCUT2D eigenvalue weighted by Gasteiger charge is 2.40. The lowest BCUT2D eigenvalue weighted by atomic mass is 9.79. The second-order valence-corrected chi connectivity index (χ2v) is 9.43. The molecule has 2 aromatic carbocycles. The summed E-state index contributed by atoms with van der Waals surface area (Å²) in [7, 11) is 0. The van der Waals surface area contributed by atoms with E-state index in [1.807, 2.05) is 30.3 Å². The summed E-state index contributed by atoms with van der Waals surface area (Å²) in [5.74, 6) is 0.00589. The molecule has 1 amide bonds. The van der Waals surface area contributed by atoms with Gasteiger partial charge in [-0.2, -0.15) is 13.2 Å². The fraction of sp³-hybridized carbons (Fsp3) is 0.500. The average molecular weight is 461 g/mol. The molecule has 1 heterocycles. The van der Waals surface area contributed by atoms with Gasteiger partial charge in [-0.3, -0.25) is 4.79 Å². The fourth-order valence-corrected chi connectivity index (χ4v) is 4.48. The van der Waals surface area contributed by atoms with Gasteiger partial charge in [0.2, 0.25) is 5.91 Å². The number of rotatable bonds is 7. The van der Waals surface area contributed by atoms with E-state index in [0.717, 1.165) is 30.9 Å². The third-order valence-electron chi connectivity index (χ3n) is 6.70. The van der Waals surface area contributed by atoms with Gasteiger partial charge in [0.05, 0.1) is 29.7 Å². The van der Waals surface area contributed by atoms with Gasteiger partial charge in [-0.15, -0.1) is 0 Å². The Balaban J connectivity index is 1.48. The quantitative estimate of drug-likeness (QED) is 0.592. The number of hydrogen-bond acceptors (Lipinski definition) is 3. The second-order valence-electron chi connectivity index (χ2n) is 9.43. The number of carbonyl (C=O) groups excluding carboxylic acids is 1. The monoisotopic (exact) mass is 460 g/mol. The lowest BCUT2D eigenvalue weighted by Crippen LogP contribution is -2.54. The third-order valence-corrected chi connectivity index (χ3v) is 6.70. The van der Waals surface area contributed by atoms with Crippen molar-refractivity contribution >= 4 is 5.91 Å². The fourth-order valence-electron chi connectivity index (χ4n) is 4.48. The number of ether oxygens (including phenoxy) is 1. The molecule has 1 aliphatic heterocycles. The van der Waals surface area contributed by atoms with Crippen molar-refractivity contribution in [3.63, 3.8) is 0 Å². The number of amides is 1. The molecule has 1 aliphatic carbocycles. The molecule has 7 heteroatoms. The predicted octanol–water partition coefficient (Wildman–Crippen LogP) is 5.27. The summed E-state index contributed by atoms with van der Waals surface area (Å²) in [4.78, 5) is 12.5. The molecule has 0 aromatic heterocycles. The van der Waals surface area contributed by atoms with Gasteiger partial charge in [0.15, 0.2) is 0 Å². The van der Waals surface area contributed by atoms with Gasteiger partial charge < -0.3 is 15.4 Å². The third kappa shape index (κ3) is 5.76. The van der Waals surface area contributed by atoms with Crippen molar-refractivity contribution in [2.24, 2.45) is 5.92 Å². The molecule has 33 heavy (non-hydrogen) atoms. The Morgan fingerprint density at radius 1 is 1.18 bits per heavy atom. The Hall–Kier alpha value is -2.38. The number of hydrogen-bond donors (Lipinski definition) is 2. The van der Waals surface area contributed by atoms with Crippen LogP contribution in [0.25, 0.3) is 0 Å². The Morgan fingerprint density at radius 3 is 2.52 bits per heavy atom. The Labute approximate surface area is 192 Å². The molecule has 1 unspecified atom stereocenters. The number of nitrogens with one attached hydrogen (secondary N) is 2. The Kier molecular flexibility index (Phi) is 6.82. The first kappa shape index (κ1) is 23.8. The molecule has 0 radical (unpaired) electrons. The number of aryl methyl sites for hydroxylation is 1. The molecule has 2 aromatic rings. The van der Waals surface area contributed by atoms with Crippen molar-refractivity contribution in [3.8, 4) is 0 Å². The number of benzene rings is 2. The highest BCUT2D eigenvalue weighted by atomic mass is 19.4. The summed E-state index contributed by atoms with van der Waals surface area (Å²) >= 11 is 0. The maximum Gasteiger partial charge on any atom is 0.416 e. The molecular formula is C26H31F3N2O2. The molecule has 2 aliphatic rings. The van der Waals surface area contributed by atoms with E-state index in [1.165, 1.54) is 6.07 Å². The Morgan fingerprint density at radius 2 is 1.91 bits per heavy atom. The maximum atomic E-state index is 13.3. The van der Waals surface area contributed by atoms with Crippen molar-refractivity contribution in [2.75, 3.05) is 13.2 Å². The first-order valence-electron chi connectivity index (χ1n) is 11.6. The molecule has 0 bridgehead atoms.